The van der Waals surface area contributed by atoms with E-state index < -0.39 is 5.97 Å². The van der Waals surface area contributed by atoms with E-state index in [4.69, 9.17) is 5.11 Å². The van der Waals surface area contributed by atoms with Gasteiger partial charge in [0.05, 0.1) is 5.69 Å². The number of thiazole rings is 1. The number of aromatic carboxylic acids is 1. The lowest BCUT2D eigenvalue weighted by atomic mass is 10.1. The maximum atomic E-state index is 10.5. The summed E-state index contributed by atoms with van der Waals surface area (Å²) < 4.78 is 0. The van der Waals surface area contributed by atoms with Crippen LogP contribution in [-0.4, -0.2) is 21.6 Å². The molecule has 5 heteroatoms. The Morgan fingerprint density at radius 1 is 1.64 bits per heavy atom. The molecule has 0 saturated heterocycles. The molecule has 0 aliphatic heterocycles. The van der Waals surface area contributed by atoms with Crippen molar-refractivity contribution in [3.63, 3.8) is 0 Å². The van der Waals surface area contributed by atoms with Crippen LogP contribution in [0.4, 0.5) is 0 Å². The first-order valence-corrected chi connectivity index (χ1v) is 5.19. The third-order valence-corrected chi connectivity index (χ3v) is 2.41. The molecule has 1 aromatic heterocycles. The van der Waals surface area contributed by atoms with Crippen molar-refractivity contribution in [1.82, 2.24) is 10.3 Å². The molecule has 0 fully saturated rings. The zero-order valence-electron chi connectivity index (χ0n) is 8.50. The highest BCUT2D eigenvalue weighted by Crippen LogP contribution is 2.10. The molecule has 0 aliphatic carbocycles. The molecule has 1 heterocycles. The number of carbonyl (C=O) groups is 1. The summed E-state index contributed by atoms with van der Waals surface area (Å²) in [5.41, 5.74) is 0.801. The Bertz CT molecular complexity index is 328. The topological polar surface area (TPSA) is 62.2 Å². The number of hydrogen-bond acceptors (Lipinski definition) is 4. The predicted molar refractivity (Wildman–Crippen MR) is 55.7 cm³/mol. The number of nitrogens with zero attached hydrogens (tertiary/aromatic N) is 1. The van der Waals surface area contributed by atoms with Crippen molar-refractivity contribution in [3.8, 4) is 0 Å². The van der Waals surface area contributed by atoms with Crippen molar-refractivity contribution in [3.05, 3.63) is 16.1 Å². The van der Waals surface area contributed by atoms with Crippen LogP contribution in [0.3, 0.4) is 0 Å². The second kappa shape index (κ2) is 4.06. The van der Waals surface area contributed by atoms with Gasteiger partial charge in [-0.15, -0.1) is 11.3 Å². The van der Waals surface area contributed by atoms with Gasteiger partial charge < -0.3 is 10.4 Å². The minimum atomic E-state index is -0.961. The van der Waals surface area contributed by atoms with Crippen LogP contribution in [0.25, 0.3) is 0 Å². The normalized spacial score (nSPS) is 11.6. The van der Waals surface area contributed by atoms with Gasteiger partial charge in [0, 0.05) is 17.5 Å². The molecule has 0 aliphatic rings. The first-order valence-electron chi connectivity index (χ1n) is 4.31. The maximum absolute atomic E-state index is 10.5. The fourth-order valence-corrected chi connectivity index (χ4v) is 1.50. The van der Waals surface area contributed by atoms with Crippen LogP contribution in [-0.2, 0) is 6.54 Å². The van der Waals surface area contributed by atoms with E-state index in [9.17, 15) is 4.79 Å². The van der Waals surface area contributed by atoms with Crippen LogP contribution in [0.15, 0.2) is 5.38 Å². The van der Waals surface area contributed by atoms with Gasteiger partial charge in [-0.05, 0) is 20.8 Å². The second-order valence-corrected chi connectivity index (χ2v) is 4.91. The summed E-state index contributed by atoms with van der Waals surface area (Å²) in [6.45, 7) is 6.76. The Labute approximate surface area is 87.0 Å². The molecule has 2 N–H and O–H groups in total. The minimum Gasteiger partial charge on any atom is -0.476 e. The van der Waals surface area contributed by atoms with E-state index >= 15 is 0 Å². The highest BCUT2D eigenvalue weighted by atomic mass is 32.1. The maximum Gasteiger partial charge on any atom is 0.365 e. The molecule has 1 rings (SSSR count). The average molecular weight is 214 g/mol. The smallest absolute Gasteiger partial charge is 0.365 e. The summed E-state index contributed by atoms with van der Waals surface area (Å²) >= 11 is 1.16. The van der Waals surface area contributed by atoms with E-state index in [1.54, 1.807) is 5.38 Å². The van der Waals surface area contributed by atoms with Crippen molar-refractivity contribution >= 4 is 17.3 Å². The number of aromatic nitrogens is 1. The summed E-state index contributed by atoms with van der Waals surface area (Å²) in [4.78, 5) is 14.5. The summed E-state index contributed by atoms with van der Waals surface area (Å²) in [6.07, 6.45) is 0. The Kier molecular flexibility index (Phi) is 3.23. The summed E-state index contributed by atoms with van der Waals surface area (Å²) in [5.74, 6) is -0.961. The van der Waals surface area contributed by atoms with Gasteiger partial charge in [-0.3, -0.25) is 0 Å². The molecule has 4 nitrogen and oxygen atoms in total. The average Bonchev–Trinajstić information content (AvgIpc) is 2.47. The summed E-state index contributed by atoms with van der Waals surface area (Å²) in [6, 6.07) is 0. The van der Waals surface area contributed by atoms with Gasteiger partial charge in [-0.2, -0.15) is 0 Å². The van der Waals surface area contributed by atoms with Gasteiger partial charge in [-0.1, -0.05) is 0 Å². The van der Waals surface area contributed by atoms with Crippen molar-refractivity contribution < 1.29 is 9.90 Å². The summed E-state index contributed by atoms with van der Waals surface area (Å²) in [7, 11) is 0. The van der Waals surface area contributed by atoms with E-state index in [0.29, 0.717) is 6.54 Å². The fraction of sp³-hybridized carbons (Fsp3) is 0.556. The van der Waals surface area contributed by atoms with E-state index in [1.165, 1.54) is 0 Å². The van der Waals surface area contributed by atoms with Gasteiger partial charge in [0.2, 0.25) is 5.01 Å². The van der Waals surface area contributed by atoms with E-state index in [0.717, 1.165) is 17.0 Å². The van der Waals surface area contributed by atoms with Crippen molar-refractivity contribution in [2.75, 3.05) is 0 Å². The van der Waals surface area contributed by atoms with Gasteiger partial charge in [-0.25, -0.2) is 9.78 Å². The van der Waals surface area contributed by atoms with Gasteiger partial charge >= 0.3 is 5.97 Å². The lowest BCUT2D eigenvalue weighted by Crippen LogP contribution is -2.35. The van der Waals surface area contributed by atoms with Gasteiger partial charge in [0.1, 0.15) is 0 Å². The molecular formula is C9H14N2O2S. The molecule has 0 aromatic carbocycles. The molecule has 0 amide bonds. The largest absolute Gasteiger partial charge is 0.476 e. The number of hydrogen-bond donors (Lipinski definition) is 2. The van der Waals surface area contributed by atoms with E-state index in [-0.39, 0.29) is 10.5 Å². The quantitative estimate of drug-likeness (QED) is 0.804. The molecule has 14 heavy (non-hydrogen) atoms. The van der Waals surface area contributed by atoms with Crippen LogP contribution in [0.2, 0.25) is 0 Å². The SMILES string of the molecule is CC(C)(C)NCc1csc(C(=O)O)n1. The van der Waals surface area contributed by atoms with E-state index in [2.05, 4.69) is 31.1 Å². The minimum absolute atomic E-state index is 0.0208. The Balaban J connectivity index is 2.56. The molecule has 1 aromatic rings. The lowest BCUT2D eigenvalue weighted by molar-refractivity contribution is 0.0696. The van der Waals surface area contributed by atoms with Crippen LogP contribution < -0.4 is 5.32 Å². The van der Waals surface area contributed by atoms with Crippen molar-refractivity contribution in [1.29, 1.82) is 0 Å². The number of rotatable bonds is 3. The summed E-state index contributed by atoms with van der Waals surface area (Å²) in [5, 5.41) is 13.8. The van der Waals surface area contributed by atoms with Crippen LogP contribution in [0.1, 0.15) is 36.3 Å². The third-order valence-electron chi connectivity index (χ3n) is 1.53. The molecular weight excluding hydrogens is 200 g/mol. The molecule has 0 unspecified atom stereocenters. The number of carboxylic acid groups (broad SMARTS) is 1. The Morgan fingerprint density at radius 2 is 2.29 bits per heavy atom. The molecule has 0 radical (unpaired) electrons. The van der Waals surface area contributed by atoms with Crippen molar-refractivity contribution in [2.45, 2.75) is 32.9 Å². The predicted octanol–water partition coefficient (Wildman–Crippen LogP) is 1.73. The van der Waals surface area contributed by atoms with Gasteiger partial charge in [0.25, 0.3) is 0 Å². The van der Waals surface area contributed by atoms with Crippen molar-refractivity contribution in [2.24, 2.45) is 0 Å². The van der Waals surface area contributed by atoms with Crippen LogP contribution in [0.5, 0.6) is 0 Å². The van der Waals surface area contributed by atoms with Crippen LogP contribution >= 0.6 is 11.3 Å². The monoisotopic (exact) mass is 214 g/mol. The molecule has 0 atom stereocenters. The highest BCUT2D eigenvalue weighted by Gasteiger charge is 2.12. The number of nitrogens with one attached hydrogen (secondary N) is 1. The zero-order valence-corrected chi connectivity index (χ0v) is 9.31. The molecule has 0 bridgehead atoms. The standard InChI is InChI=1S/C9H14N2O2S/c1-9(2,3)10-4-6-5-14-7(11-6)8(12)13/h5,10H,4H2,1-3H3,(H,12,13). The Morgan fingerprint density at radius 3 is 2.71 bits per heavy atom. The molecule has 0 spiro atoms. The first kappa shape index (κ1) is 11.1. The fourth-order valence-electron chi connectivity index (χ4n) is 0.842. The molecule has 0 saturated carbocycles. The van der Waals surface area contributed by atoms with Gasteiger partial charge in [0.15, 0.2) is 0 Å². The van der Waals surface area contributed by atoms with Crippen LogP contribution in [0, 0.1) is 0 Å². The highest BCUT2D eigenvalue weighted by molar-refractivity contribution is 7.11. The van der Waals surface area contributed by atoms with E-state index in [1.807, 2.05) is 0 Å². The number of carboxylic acids is 1. The Hall–Kier alpha value is -0.940. The molecule has 78 valence electrons. The lowest BCUT2D eigenvalue weighted by Gasteiger charge is -2.19. The zero-order chi connectivity index (χ0) is 10.8. The first-order chi connectivity index (χ1) is 6.38. The second-order valence-electron chi connectivity index (χ2n) is 4.05. The third kappa shape index (κ3) is 3.43.